The zero-order valence-electron chi connectivity index (χ0n) is 17.9. The molecule has 0 amide bonds. The van der Waals surface area contributed by atoms with E-state index < -0.39 is 0 Å². The minimum absolute atomic E-state index is 0.0281. The average Bonchev–Trinajstić information content (AvgIpc) is 2.81. The molecule has 158 valence electrons. The van der Waals surface area contributed by atoms with Crippen molar-refractivity contribution in [1.29, 1.82) is 5.26 Å². The normalized spacial score (nSPS) is 16.7. The van der Waals surface area contributed by atoms with E-state index in [0.29, 0.717) is 5.56 Å². The molecule has 2 aliphatic rings. The number of pyridine rings is 1. The predicted molar refractivity (Wildman–Crippen MR) is 123 cm³/mol. The summed E-state index contributed by atoms with van der Waals surface area (Å²) < 4.78 is 7.98. The fraction of sp³-hybridized carbons (Fsp3) is 0.385. The summed E-state index contributed by atoms with van der Waals surface area (Å²) in [7, 11) is 1.78. The highest BCUT2D eigenvalue weighted by Crippen LogP contribution is 2.30. The number of hydrogen-bond acceptors (Lipinski definition) is 4. The molecule has 1 aliphatic heterocycles. The second-order valence-electron chi connectivity index (χ2n) is 8.71. The van der Waals surface area contributed by atoms with Crippen LogP contribution in [0.4, 0.5) is 5.69 Å². The third kappa shape index (κ3) is 3.79. The van der Waals surface area contributed by atoms with E-state index in [-0.39, 0.29) is 11.7 Å². The summed E-state index contributed by atoms with van der Waals surface area (Å²) in [6.45, 7) is 1.66. The van der Waals surface area contributed by atoms with E-state index in [1.807, 2.05) is 12.1 Å². The predicted octanol–water partition coefficient (Wildman–Crippen LogP) is 4.34. The van der Waals surface area contributed by atoms with Gasteiger partial charge < -0.3 is 14.2 Å². The van der Waals surface area contributed by atoms with Gasteiger partial charge in [0.1, 0.15) is 11.9 Å². The number of aromatic nitrogens is 1. The van der Waals surface area contributed by atoms with Crippen LogP contribution in [0.25, 0.3) is 10.9 Å². The first kappa shape index (κ1) is 19.7. The molecule has 0 spiro atoms. The molecule has 5 heteroatoms. The van der Waals surface area contributed by atoms with Gasteiger partial charge in [-0.05, 0) is 67.1 Å². The van der Waals surface area contributed by atoms with Gasteiger partial charge in [-0.2, -0.15) is 5.26 Å². The molecule has 0 saturated carbocycles. The van der Waals surface area contributed by atoms with E-state index in [4.69, 9.17) is 4.74 Å². The first-order valence-electron chi connectivity index (χ1n) is 11.2. The summed E-state index contributed by atoms with van der Waals surface area (Å²) in [5, 5.41) is 10.3. The number of nitriles is 1. The fourth-order valence-corrected chi connectivity index (χ4v) is 4.97. The fourth-order valence-electron chi connectivity index (χ4n) is 4.97. The molecule has 5 nitrogen and oxygen atoms in total. The maximum Gasteiger partial charge on any atom is 0.252 e. The van der Waals surface area contributed by atoms with Gasteiger partial charge in [0.25, 0.3) is 5.56 Å². The number of aryl methyl sites for hydroxylation is 3. The molecule has 0 radical (unpaired) electrons. The number of nitrogens with zero attached hydrogens (tertiary/aromatic N) is 3. The molecule has 2 heterocycles. The monoisotopic (exact) mass is 413 g/mol. The Morgan fingerprint density at radius 3 is 2.55 bits per heavy atom. The Labute approximate surface area is 182 Å². The van der Waals surface area contributed by atoms with Gasteiger partial charge in [0.2, 0.25) is 0 Å². The van der Waals surface area contributed by atoms with Crippen molar-refractivity contribution in [3.63, 3.8) is 0 Å². The number of hydrogen-bond donors (Lipinski definition) is 0. The Kier molecular flexibility index (Phi) is 5.15. The van der Waals surface area contributed by atoms with Gasteiger partial charge in [-0.1, -0.05) is 6.07 Å². The van der Waals surface area contributed by atoms with Crippen LogP contribution in [0.2, 0.25) is 0 Å². The zero-order chi connectivity index (χ0) is 21.4. The number of benzene rings is 2. The lowest BCUT2D eigenvalue weighted by Crippen LogP contribution is -2.39. The van der Waals surface area contributed by atoms with Gasteiger partial charge in [-0.25, -0.2) is 0 Å². The molecule has 2 aromatic carbocycles. The Morgan fingerprint density at radius 2 is 1.77 bits per heavy atom. The van der Waals surface area contributed by atoms with Gasteiger partial charge in [0.15, 0.2) is 0 Å². The SMILES string of the molecule is Cn1c(=O)cc(N2CCC(Oc3ccc4c(c3)CCCC4)CC2)c2cc(C#N)ccc21. The van der Waals surface area contributed by atoms with Crippen molar-refractivity contribution in [2.45, 2.75) is 44.6 Å². The molecule has 1 aromatic heterocycles. The number of anilines is 1. The average molecular weight is 414 g/mol. The van der Waals surface area contributed by atoms with Crippen LogP contribution in [-0.2, 0) is 19.9 Å². The molecule has 0 N–H and O–H groups in total. The Balaban J connectivity index is 1.34. The molecule has 0 atom stereocenters. The first-order valence-corrected chi connectivity index (χ1v) is 11.2. The second kappa shape index (κ2) is 8.11. The largest absolute Gasteiger partial charge is 0.490 e. The Bertz CT molecular complexity index is 1230. The summed E-state index contributed by atoms with van der Waals surface area (Å²) in [5.74, 6) is 0.983. The zero-order valence-corrected chi connectivity index (χ0v) is 17.9. The van der Waals surface area contributed by atoms with Gasteiger partial charge in [0, 0.05) is 44.4 Å². The van der Waals surface area contributed by atoms with Crippen molar-refractivity contribution in [3.05, 3.63) is 69.5 Å². The lowest BCUT2D eigenvalue weighted by Gasteiger charge is -2.34. The van der Waals surface area contributed by atoms with Crippen molar-refractivity contribution in [2.75, 3.05) is 18.0 Å². The van der Waals surface area contributed by atoms with Gasteiger partial charge >= 0.3 is 0 Å². The molecule has 3 aromatic rings. The summed E-state index contributed by atoms with van der Waals surface area (Å²) in [5.41, 5.74) is 5.28. The quantitative estimate of drug-likeness (QED) is 0.641. The topological polar surface area (TPSA) is 58.3 Å². The number of ether oxygens (including phenoxy) is 1. The van der Waals surface area contributed by atoms with E-state index in [1.165, 1.54) is 30.4 Å². The molecule has 1 fully saturated rings. The second-order valence-corrected chi connectivity index (χ2v) is 8.71. The third-order valence-corrected chi connectivity index (χ3v) is 6.76. The van der Waals surface area contributed by atoms with Crippen molar-refractivity contribution in [1.82, 2.24) is 4.57 Å². The van der Waals surface area contributed by atoms with Crippen molar-refractivity contribution in [3.8, 4) is 11.8 Å². The molecule has 1 saturated heterocycles. The standard InChI is InChI=1S/C26H27N3O2/c1-28-24-9-6-18(17-27)14-23(24)25(16-26(28)30)29-12-10-21(11-13-29)31-22-8-7-19-4-2-3-5-20(19)15-22/h6-9,14-16,21H,2-5,10-13H2,1H3. The number of piperidine rings is 1. The minimum atomic E-state index is -0.0281. The highest BCUT2D eigenvalue weighted by atomic mass is 16.5. The molecule has 0 bridgehead atoms. The van der Waals surface area contributed by atoms with E-state index in [2.05, 4.69) is 29.2 Å². The Hall–Kier alpha value is -3.26. The van der Waals surface area contributed by atoms with Crippen LogP contribution in [0, 0.1) is 11.3 Å². The van der Waals surface area contributed by atoms with Crippen molar-refractivity contribution >= 4 is 16.6 Å². The van der Waals surface area contributed by atoms with Crippen LogP contribution in [0.5, 0.6) is 5.75 Å². The highest BCUT2D eigenvalue weighted by molar-refractivity contribution is 5.93. The molecule has 0 unspecified atom stereocenters. The van der Waals surface area contributed by atoms with Crippen LogP contribution in [-0.4, -0.2) is 23.8 Å². The number of rotatable bonds is 3. The maximum atomic E-state index is 12.5. The van der Waals surface area contributed by atoms with Crippen LogP contribution < -0.4 is 15.2 Å². The first-order chi connectivity index (χ1) is 15.1. The van der Waals surface area contributed by atoms with Crippen LogP contribution in [0.15, 0.2) is 47.3 Å². The molecule has 31 heavy (non-hydrogen) atoms. The smallest absolute Gasteiger partial charge is 0.252 e. The van der Waals surface area contributed by atoms with Gasteiger partial charge in [0.05, 0.1) is 22.8 Å². The van der Waals surface area contributed by atoms with E-state index in [9.17, 15) is 10.1 Å². The number of fused-ring (bicyclic) bond motifs is 2. The minimum Gasteiger partial charge on any atom is -0.490 e. The third-order valence-electron chi connectivity index (χ3n) is 6.76. The summed E-state index contributed by atoms with van der Waals surface area (Å²) in [4.78, 5) is 14.8. The summed E-state index contributed by atoms with van der Waals surface area (Å²) in [6, 6.07) is 16.0. The molecular formula is C26H27N3O2. The van der Waals surface area contributed by atoms with Crippen LogP contribution >= 0.6 is 0 Å². The van der Waals surface area contributed by atoms with Gasteiger partial charge in [-0.3, -0.25) is 4.79 Å². The summed E-state index contributed by atoms with van der Waals surface area (Å²) in [6.07, 6.45) is 6.91. The summed E-state index contributed by atoms with van der Waals surface area (Å²) >= 11 is 0. The van der Waals surface area contributed by atoms with Crippen LogP contribution in [0.3, 0.4) is 0 Å². The lowest BCUT2D eigenvalue weighted by atomic mass is 9.92. The Morgan fingerprint density at radius 1 is 1.00 bits per heavy atom. The van der Waals surface area contributed by atoms with E-state index >= 15 is 0 Å². The molecule has 1 aliphatic carbocycles. The highest BCUT2D eigenvalue weighted by Gasteiger charge is 2.23. The van der Waals surface area contributed by atoms with Gasteiger partial charge in [-0.15, -0.1) is 0 Å². The van der Waals surface area contributed by atoms with Crippen molar-refractivity contribution < 1.29 is 4.74 Å². The van der Waals surface area contributed by atoms with Crippen molar-refractivity contribution in [2.24, 2.45) is 7.05 Å². The molecular weight excluding hydrogens is 386 g/mol. The van der Waals surface area contributed by atoms with E-state index in [0.717, 1.165) is 54.7 Å². The van der Waals surface area contributed by atoms with Crippen LogP contribution in [0.1, 0.15) is 42.4 Å². The van der Waals surface area contributed by atoms with E-state index in [1.54, 1.807) is 23.7 Å². The lowest BCUT2D eigenvalue weighted by molar-refractivity contribution is 0.171. The maximum absolute atomic E-state index is 12.5. The molecule has 5 rings (SSSR count).